The van der Waals surface area contributed by atoms with E-state index < -0.39 is 41.1 Å². The van der Waals surface area contributed by atoms with Gasteiger partial charge in [-0.15, -0.1) is 0 Å². The second kappa shape index (κ2) is 13.8. The van der Waals surface area contributed by atoms with Crippen molar-refractivity contribution in [2.45, 2.75) is 30.5 Å². The summed E-state index contributed by atoms with van der Waals surface area (Å²) in [5.74, 6) is -1.07. The number of aromatic nitrogens is 2. The van der Waals surface area contributed by atoms with Crippen molar-refractivity contribution in [3.8, 4) is 0 Å². The maximum atomic E-state index is 14.3. The van der Waals surface area contributed by atoms with Gasteiger partial charge in [-0.1, -0.05) is 133 Å². The first kappa shape index (κ1) is 30.1. The molecule has 0 unspecified atom stereocenters. The van der Waals surface area contributed by atoms with Crippen LogP contribution in [0, 0.1) is 5.82 Å². The van der Waals surface area contributed by atoms with E-state index in [0.717, 1.165) is 33.0 Å². The Morgan fingerprint density at radius 3 is 1.91 bits per heavy atom. The zero-order valence-electron chi connectivity index (χ0n) is 24.5. The summed E-state index contributed by atoms with van der Waals surface area (Å²) in [4.78, 5) is 26.4. The Balaban J connectivity index is 1.33. The average Bonchev–Trinajstić information content (AvgIpc) is 3.49. The van der Waals surface area contributed by atoms with Crippen molar-refractivity contribution in [2.24, 2.45) is 0 Å². The molecule has 3 atom stereocenters. The molecule has 0 saturated carbocycles. The SMILES string of the molecule is O=c1[nH]c(=O)n([C@H]2C[C@H](OCC=Cc3ccccc3)[C@@H](COC(c3ccccc3)(c3ccccc3)c3ccccc3)O2)cc1F. The van der Waals surface area contributed by atoms with Crippen LogP contribution in [0.5, 0.6) is 0 Å². The summed E-state index contributed by atoms with van der Waals surface area (Å²) in [6, 6.07) is 39.8. The summed E-state index contributed by atoms with van der Waals surface area (Å²) in [7, 11) is 0. The monoisotopic (exact) mass is 604 g/mol. The third-order valence-corrected chi connectivity index (χ3v) is 7.94. The number of halogens is 1. The van der Waals surface area contributed by atoms with Gasteiger partial charge in [0.2, 0.25) is 5.82 Å². The number of ether oxygens (including phenoxy) is 3. The number of H-pyrrole nitrogens is 1. The Morgan fingerprint density at radius 1 is 0.822 bits per heavy atom. The fourth-order valence-electron chi connectivity index (χ4n) is 5.77. The Bertz CT molecular complexity index is 1730. The molecule has 8 heteroatoms. The van der Waals surface area contributed by atoms with Crippen molar-refractivity contribution in [1.29, 1.82) is 0 Å². The van der Waals surface area contributed by atoms with Crippen LogP contribution in [0.2, 0.25) is 0 Å². The molecule has 45 heavy (non-hydrogen) atoms. The quantitative estimate of drug-likeness (QED) is 0.185. The van der Waals surface area contributed by atoms with E-state index in [9.17, 15) is 14.0 Å². The molecule has 1 saturated heterocycles. The lowest BCUT2D eigenvalue weighted by atomic mass is 9.80. The van der Waals surface area contributed by atoms with E-state index in [4.69, 9.17) is 14.2 Å². The average molecular weight is 605 g/mol. The first-order valence-corrected chi connectivity index (χ1v) is 14.8. The number of benzene rings is 4. The summed E-state index contributed by atoms with van der Waals surface area (Å²) >= 11 is 0. The highest BCUT2D eigenvalue weighted by atomic mass is 19.1. The molecule has 1 aromatic heterocycles. The molecule has 0 bridgehead atoms. The predicted molar refractivity (Wildman–Crippen MR) is 170 cm³/mol. The second-order valence-corrected chi connectivity index (χ2v) is 10.8. The van der Waals surface area contributed by atoms with Crippen molar-refractivity contribution in [2.75, 3.05) is 13.2 Å². The molecule has 0 radical (unpaired) electrons. The molecule has 0 spiro atoms. The molecule has 2 heterocycles. The van der Waals surface area contributed by atoms with Gasteiger partial charge in [-0.05, 0) is 22.3 Å². The molecule has 5 aromatic rings. The zero-order chi connectivity index (χ0) is 31.1. The molecular formula is C37H33FN2O5. The van der Waals surface area contributed by atoms with Gasteiger partial charge in [0.1, 0.15) is 17.9 Å². The van der Waals surface area contributed by atoms with Crippen molar-refractivity contribution in [3.63, 3.8) is 0 Å². The maximum absolute atomic E-state index is 14.3. The standard InChI is InChI=1S/C37H33FN2O5/c38-31-25-40(36(42)39-35(31)41)34-24-32(43-23-13-16-27-14-5-1-6-15-27)33(45-34)26-44-37(28-17-7-2-8-18-28,29-19-9-3-10-20-29)30-21-11-4-12-22-30/h1-22,25,32-34H,23-24,26H2,(H,39,41,42)/t32-,33+,34+/m0/s1. The Kier molecular flexibility index (Phi) is 9.26. The first-order valence-electron chi connectivity index (χ1n) is 14.8. The third-order valence-electron chi connectivity index (χ3n) is 7.94. The van der Waals surface area contributed by atoms with Crippen LogP contribution >= 0.6 is 0 Å². The van der Waals surface area contributed by atoms with E-state index in [1.165, 1.54) is 0 Å². The maximum Gasteiger partial charge on any atom is 0.330 e. The largest absolute Gasteiger partial charge is 0.371 e. The van der Waals surface area contributed by atoms with Crippen LogP contribution in [-0.4, -0.2) is 35.0 Å². The van der Waals surface area contributed by atoms with Crippen LogP contribution < -0.4 is 11.2 Å². The van der Waals surface area contributed by atoms with E-state index in [0.29, 0.717) is 0 Å². The summed E-state index contributed by atoms with van der Waals surface area (Å²) in [6.07, 6.45) is 2.99. The minimum Gasteiger partial charge on any atom is -0.371 e. The molecule has 1 aliphatic heterocycles. The highest BCUT2D eigenvalue weighted by Gasteiger charge is 2.42. The summed E-state index contributed by atoms with van der Waals surface area (Å²) < 4.78 is 35.0. The van der Waals surface area contributed by atoms with Crippen LogP contribution in [-0.2, 0) is 19.8 Å². The minimum absolute atomic E-state index is 0.0861. The molecule has 228 valence electrons. The van der Waals surface area contributed by atoms with Gasteiger partial charge in [0.25, 0.3) is 5.56 Å². The predicted octanol–water partition coefficient (Wildman–Crippen LogP) is 6.07. The lowest BCUT2D eigenvalue weighted by Gasteiger charge is -2.37. The summed E-state index contributed by atoms with van der Waals surface area (Å²) in [5, 5.41) is 0. The summed E-state index contributed by atoms with van der Waals surface area (Å²) in [5.41, 5.74) is 0.992. The number of aromatic amines is 1. The normalized spacial score (nSPS) is 18.4. The van der Waals surface area contributed by atoms with Gasteiger partial charge in [0.05, 0.1) is 25.5 Å². The smallest absolute Gasteiger partial charge is 0.330 e. The minimum atomic E-state index is -1.08. The number of hydrogen-bond acceptors (Lipinski definition) is 5. The second-order valence-electron chi connectivity index (χ2n) is 10.8. The van der Waals surface area contributed by atoms with Gasteiger partial charge in [0.15, 0.2) is 0 Å². The first-order chi connectivity index (χ1) is 22.0. The van der Waals surface area contributed by atoms with Crippen molar-refractivity contribution in [3.05, 3.63) is 183 Å². The third kappa shape index (κ3) is 6.63. The van der Waals surface area contributed by atoms with Gasteiger partial charge in [0, 0.05) is 6.42 Å². The number of rotatable bonds is 11. The van der Waals surface area contributed by atoms with E-state index in [1.54, 1.807) is 0 Å². The van der Waals surface area contributed by atoms with E-state index >= 15 is 0 Å². The van der Waals surface area contributed by atoms with Gasteiger partial charge in [-0.25, -0.2) is 4.79 Å². The van der Waals surface area contributed by atoms with Crippen molar-refractivity contribution in [1.82, 2.24) is 9.55 Å². The Labute approximate surface area is 260 Å². The fraction of sp³-hybridized carbons (Fsp3) is 0.189. The van der Waals surface area contributed by atoms with Crippen LogP contribution in [0.25, 0.3) is 6.08 Å². The van der Waals surface area contributed by atoms with Crippen LogP contribution in [0.3, 0.4) is 0 Å². The Morgan fingerprint density at radius 2 is 1.36 bits per heavy atom. The van der Waals surface area contributed by atoms with Gasteiger partial charge in [-0.3, -0.25) is 14.3 Å². The number of hydrogen-bond donors (Lipinski definition) is 1. The van der Waals surface area contributed by atoms with E-state index in [1.807, 2.05) is 138 Å². The molecule has 6 rings (SSSR count). The molecule has 4 aromatic carbocycles. The lowest BCUT2D eigenvalue weighted by molar-refractivity contribution is -0.102. The Hall–Kier alpha value is -4.89. The van der Waals surface area contributed by atoms with Crippen LogP contribution in [0.4, 0.5) is 4.39 Å². The fourth-order valence-corrected chi connectivity index (χ4v) is 5.77. The zero-order valence-corrected chi connectivity index (χ0v) is 24.5. The van der Waals surface area contributed by atoms with E-state index in [-0.39, 0.29) is 19.6 Å². The van der Waals surface area contributed by atoms with Crippen LogP contribution in [0.1, 0.15) is 34.9 Å². The van der Waals surface area contributed by atoms with E-state index in [2.05, 4.69) is 0 Å². The summed E-state index contributed by atoms with van der Waals surface area (Å²) in [6.45, 7) is 0.366. The van der Waals surface area contributed by atoms with Gasteiger partial charge < -0.3 is 14.2 Å². The van der Waals surface area contributed by atoms with Crippen molar-refractivity contribution >= 4 is 6.08 Å². The topological polar surface area (TPSA) is 82.6 Å². The van der Waals surface area contributed by atoms with Gasteiger partial charge >= 0.3 is 5.69 Å². The number of nitrogens with one attached hydrogen (secondary N) is 1. The van der Waals surface area contributed by atoms with Gasteiger partial charge in [-0.2, -0.15) is 4.39 Å². The van der Waals surface area contributed by atoms with Crippen LogP contribution in [0.15, 0.2) is 143 Å². The molecule has 0 aliphatic carbocycles. The molecule has 1 N–H and O–H groups in total. The highest BCUT2D eigenvalue weighted by molar-refractivity contribution is 5.49. The molecule has 0 amide bonds. The van der Waals surface area contributed by atoms with Crippen molar-refractivity contribution < 1.29 is 18.6 Å². The molecular weight excluding hydrogens is 571 g/mol. The number of nitrogens with zero attached hydrogens (tertiary/aromatic N) is 1. The highest BCUT2D eigenvalue weighted by Crippen LogP contribution is 2.41. The molecule has 1 aliphatic rings. The molecule has 1 fully saturated rings. The molecule has 7 nitrogen and oxygen atoms in total. The lowest BCUT2D eigenvalue weighted by Crippen LogP contribution is -2.38.